The van der Waals surface area contributed by atoms with Crippen LogP contribution in [-0.2, 0) is 0 Å². The molecule has 2 heterocycles. The summed E-state index contributed by atoms with van der Waals surface area (Å²) in [5, 5.41) is 12.0. The molecule has 0 aromatic heterocycles. The molecule has 1 fully saturated rings. The number of aliphatic imine (C=N–C) groups is 1. The molecule has 1 unspecified atom stereocenters. The van der Waals surface area contributed by atoms with Crippen molar-refractivity contribution in [3.63, 3.8) is 0 Å². The number of hydrogen-bond donors (Lipinski definition) is 0. The Kier molecular flexibility index (Phi) is 9.99. The van der Waals surface area contributed by atoms with Crippen LogP contribution in [0.1, 0.15) is 43.0 Å². The Labute approximate surface area is 266 Å². The number of rotatable bonds is 14. The Bertz CT molecular complexity index is 1600. The number of nitrogens with zero attached hydrogens (tertiary/aromatic N) is 3. The van der Waals surface area contributed by atoms with E-state index < -0.39 is 4.92 Å². The highest BCUT2D eigenvalue weighted by atomic mass is 16.6. The maximum Gasteiger partial charge on any atom is 0.315 e. The van der Waals surface area contributed by atoms with Gasteiger partial charge in [-0.2, -0.15) is 0 Å². The molecule has 0 radical (unpaired) electrons. The van der Waals surface area contributed by atoms with E-state index in [2.05, 4.69) is 4.99 Å². The average molecular weight is 636 g/mol. The fraction of sp³-hybridized carbons (Fsp3) is 0.394. The van der Waals surface area contributed by atoms with E-state index in [0.29, 0.717) is 65.1 Å². The topological polar surface area (TPSA) is 140 Å². The van der Waals surface area contributed by atoms with Gasteiger partial charge in [-0.3, -0.25) is 19.9 Å². The lowest BCUT2D eigenvalue weighted by Crippen LogP contribution is -2.35. The predicted octanol–water partition coefficient (Wildman–Crippen LogP) is 6.37. The number of nitro benzene ring substituents is 1. The fourth-order valence-electron chi connectivity index (χ4n) is 5.50. The number of fused-ring (bicyclic) bond motifs is 2. The van der Waals surface area contributed by atoms with Crippen LogP contribution in [0.15, 0.2) is 47.5 Å². The third-order valence-electron chi connectivity index (χ3n) is 7.91. The molecule has 5 rings (SSSR count). The average Bonchev–Trinajstić information content (AvgIpc) is 3.50. The van der Waals surface area contributed by atoms with Gasteiger partial charge in [-0.15, -0.1) is 0 Å². The van der Waals surface area contributed by atoms with Crippen molar-refractivity contribution in [2.24, 2.45) is 4.99 Å². The molecule has 244 valence electrons. The second-order valence-electron chi connectivity index (χ2n) is 10.6. The first-order valence-electron chi connectivity index (χ1n) is 14.9. The fourth-order valence-corrected chi connectivity index (χ4v) is 5.50. The molecule has 0 spiro atoms. The highest BCUT2D eigenvalue weighted by molar-refractivity contribution is 6.03. The summed E-state index contributed by atoms with van der Waals surface area (Å²) in [5.74, 6) is 2.49. The van der Waals surface area contributed by atoms with Crippen molar-refractivity contribution in [1.82, 2.24) is 4.90 Å². The lowest BCUT2D eigenvalue weighted by molar-refractivity contribution is -0.385. The second-order valence-corrected chi connectivity index (χ2v) is 10.6. The first kappa shape index (κ1) is 32.2. The predicted molar refractivity (Wildman–Crippen MR) is 169 cm³/mol. The number of benzene rings is 3. The van der Waals surface area contributed by atoms with Gasteiger partial charge in [0.25, 0.3) is 5.91 Å². The zero-order valence-electron chi connectivity index (χ0n) is 26.4. The Hall–Kier alpha value is -5.20. The van der Waals surface area contributed by atoms with Crippen LogP contribution in [0.4, 0.5) is 11.4 Å². The summed E-state index contributed by atoms with van der Waals surface area (Å²) in [6.07, 6.45) is 4.48. The van der Waals surface area contributed by atoms with Crippen molar-refractivity contribution in [2.75, 3.05) is 41.6 Å². The molecule has 13 heteroatoms. The van der Waals surface area contributed by atoms with E-state index in [1.807, 2.05) is 18.0 Å². The lowest BCUT2D eigenvalue weighted by atomic mass is 10.1. The smallest absolute Gasteiger partial charge is 0.315 e. The van der Waals surface area contributed by atoms with E-state index in [4.69, 9.17) is 33.2 Å². The van der Waals surface area contributed by atoms with E-state index in [0.717, 1.165) is 12.8 Å². The SMILES string of the molecule is CCC(CCOc1cc2c(cc1OC)C(=O)N1CCC[C@H]1C=N2)Oc1ccc(Oc2cc(OC)c(OC)c(OC)c2)c([N+](=O)[O-])c1. The normalized spacial score (nSPS) is 15.7. The Morgan fingerprint density at radius 3 is 2.33 bits per heavy atom. The van der Waals surface area contributed by atoms with E-state index in [1.54, 1.807) is 30.3 Å². The highest BCUT2D eigenvalue weighted by Crippen LogP contribution is 2.44. The second kappa shape index (κ2) is 14.3. The van der Waals surface area contributed by atoms with Gasteiger partial charge in [0, 0.05) is 37.4 Å². The van der Waals surface area contributed by atoms with Gasteiger partial charge in [0.1, 0.15) is 17.6 Å². The van der Waals surface area contributed by atoms with E-state index in [-0.39, 0.29) is 41.8 Å². The number of ether oxygens (including phenoxy) is 7. The molecule has 2 aliphatic rings. The summed E-state index contributed by atoms with van der Waals surface area (Å²) in [5.41, 5.74) is 0.751. The van der Waals surface area contributed by atoms with Crippen molar-refractivity contribution in [3.8, 4) is 46.0 Å². The minimum atomic E-state index is -0.535. The summed E-state index contributed by atoms with van der Waals surface area (Å²) in [7, 11) is 5.94. The van der Waals surface area contributed by atoms with Gasteiger partial charge < -0.3 is 38.1 Å². The monoisotopic (exact) mass is 635 g/mol. The zero-order valence-corrected chi connectivity index (χ0v) is 26.4. The Balaban J connectivity index is 1.27. The third-order valence-corrected chi connectivity index (χ3v) is 7.91. The van der Waals surface area contributed by atoms with Crippen LogP contribution in [0.3, 0.4) is 0 Å². The molecular formula is C33H37N3O10. The van der Waals surface area contributed by atoms with Crippen molar-refractivity contribution in [2.45, 2.75) is 44.8 Å². The Morgan fingerprint density at radius 2 is 1.67 bits per heavy atom. The summed E-state index contributed by atoms with van der Waals surface area (Å²) < 4.78 is 39.7. The third kappa shape index (κ3) is 6.72. The van der Waals surface area contributed by atoms with Gasteiger partial charge in [0.2, 0.25) is 11.5 Å². The number of nitro groups is 1. The summed E-state index contributed by atoms with van der Waals surface area (Å²) in [6, 6.07) is 10.9. The van der Waals surface area contributed by atoms with Gasteiger partial charge in [0.05, 0.1) is 63.3 Å². The van der Waals surface area contributed by atoms with Crippen LogP contribution in [0, 0.1) is 10.1 Å². The summed E-state index contributed by atoms with van der Waals surface area (Å²) in [6.45, 7) is 2.93. The Morgan fingerprint density at radius 1 is 0.935 bits per heavy atom. The first-order chi connectivity index (χ1) is 22.3. The van der Waals surface area contributed by atoms with Crippen molar-refractivity contribution in [3.05, 3.63) is 58.1 Å². The minimum Gasteiger partial charge on any atom is -0.493 e. The molecule has 46 heavy (non-hydrogen) atoms. The number of methoxy groups -OCH3 is 4. The van der Waals surface area contributed by atoms with Gasteiger partial charge >= 0.3 is 5.69 Å². The molecule has 0 N–H and O–H groups in total. The van der Waals surface area contributed by atoms with Crippen LogP contribution in [-0.4, -0.2) is 75.7 Å². The van der Waals surface area contributed by atoms with Crippen LogP contribution < -0.4 is 33.2 Å². The van der Waals surface area contributed by atoms with Gasteiger partial charge in [-0.1, -0.05) is 6.92 Å². The highest BCUT2D eigenvalue weighted by Gasteiger charge is 2.32. The molecule has 2 aliphatic heterocycles. The van der Waals surface area contributed by atoms with Crippen LogP contribution in [0.2, 0.25) is 0 Å². The van der Waals surface area contributed by atoms with Crippen molar-refractivity contribution in [1.29, 1.82) is 0 Å². The molecule has 0 aliphatic carbocycles. The lowest BCUT2D eigenvalue weighted by Gasteiger charge is -2.21. The molecule has 0 bridgehead atoms. The molecule has 2 atom stereocenters. The van der Waals surface area contributed by atoms with E-state index in [9.17, 15) is 14.9 Å². The largest absolute Gasteiger partial charge is 0.493 e. The molecule has 3 aromatic carbocycles. The number of carbonyl (C=O) groups excluding carboxylic acids is 1. The standard InChI is InChI=1S/C33H37N3O10/c1-6-21(11-13-44-29-18-25-24(17-28(29)40-2)33(37)35-12-7-8-20(35)19-34-25)45-22-9-10-27(26(14-22)36(38)39)46-23-15-30(41-3)32(43-5)31(16-23)42-4/h9-10,14-21H,6-8,11-13H2,1-5H3/t20-,21?/m0/s1. The van der Waals surface area contributed by atoms with Crippen LogP contribution >= 0.6 is 0 Å². The molecular weight excluding hydrogens is 598 g/mol. The number of amides is 1. The quantitative estimate of drug-likeness (QED) is 0.145. The molecule has 0 saturated carbocycles. The van der Waals surface area contributed by atoms with Gasteiger partial charge in [-0.05, 0) is 37.5 Å². The van der Waals surface area contributed by atoms with Crippen LogP contribution in [0.5, 0.6) is 46.0 Å². The van der Waals surface area contributed by atoms with E-state index >= 15 is 0 Å². The van der Waals surface area contributed by atoms with Crippen molar-refractivity contribution >= 4 is 23.5 Å². The molecule has 1 saturated heterocycles. The van der Waals surface area contributed by atoms with Crippen molar-refractivity contribution < 1.29 is 42.9 Å². The molecule has 1 amide bonds. The molecule has 3 aromatic rings. The van der Waals surface area contributed by atoms with Gasteiger partial charge in [0.15, 0.2) is 23.0 Å². The van der Waals surface area contributed by atoms with Crippen LogP contribution in [0.25, 0.3) is 0 Å². The van der Waals surface area contributed by atoms with Gasteiger partial charge in [-0.25, -0.2) is 0 Å². The minimum absolute atomic E-state index is 0.00338. The number of hydrogen-bond acceptors (Lipinski definition) is 11. The summed E-state index contributed by atoms with van der Waals surface area (Å²) >= 11 is 0. The maximum absolute atomic E-state index is 13.1. The maximum atomic E-state index is 13.1. The van der Waals surface area contributed by atoms with E-state index in [1.165, 1.54) is 40.6 Å². The number of carbonyl (C=O) groups is 1. The summed E-state index contributed by atoms with van der Waals surface area (Å²) in [4.78, 5) is 31.0. The zero-order chi connectivity index (χ0) is 32.8. The molecule has 13 nitrogen and oxygen atoms in total. The first-order valence-corrected chi connectivity index (χ1v) is 14.9.